The van der Waals surface area contributed by atoms with Crippen molar-refractivity contribution in [1.82, 2.24) is 0 Å². The van der Waals surface area contributed by atoms with Crippen LogP contribution in [-0.4, -0.2) is 70.0 Å². The number of ether oxygens (including phenoxy) is 2. The molecule has 0 saturated carbocycles. The van der Waals surface area contributed by atoms with Crippen molar-refractivity contribution in [3.8, 4) is 0 Å². The molecule has 0 aliphatic carbocycles. The van der Waals surface area contributed by atoms with Gasteiger partial charge in [0.2, 0.25) is 0 Å². The predicted octanol–water partition coefficient (Wildman–Crippen LogP) is 13.6. The molecule has 0 aliphatic rings. The van der Waals surface area contributed by atoms with Crippen LogP contribution < -0.4 is 4.89 Å². The molecular formula is C51H90NO8P. The normalized spacial score (nSPS) is 14.1. The molecule has 61 heavy (non-hydrogen) atoms. The van der Waals surface area contributed by atoms with Crippen LogP contribution >= 0.6 is 7.82 Å². The number of carbonyl (C=O) groups excluding carboxylic acids is 2. The van der Waals surface area contributed by atoms with Crippen LogP contribution in [0.4, 0.5) is 0 Å². The van der Waals surface area contributed by atoms with E-state index in [2.05, 4.69) is 86.8 Å². The number of hydrogen-bond donors (Lipinski definition) is 0. The first-order chi connectivity index (χ1) is 29.5. The molecule has 2 unspecified atom stereocenters. The second kappa shape index (κ2) is 42.7. The summed E-state index contributed by atoms with van der Waals surface area (Å²) >= 11 is 0. The fourth-order valence-corrected chi connectivity index (χ4v) is 6.93. The molecule has 0 saturated heterocycles. The van der Waals surface area contributed by atoms with Gasteiger partial charge in [-0.25, -0.2) is 0 Å². The summed E-state index contributed by atoms with van der Waals surface area (Å²) in [6.07, 6.45) is 53.5. The Morgan fingerprint density at radius 2 is 0.934 bits per heavy atom. The Morgan fingerprint density at radius 3 is 1.41 bits per heavy atom. The summed E-state index contributed by atoms with van der Waals surface area (Å²) in [7, 11) is 1.14. The molecule has 0 radical (unpaired) electrons. The van der Waals surface area contributed by atoms with Gasteiger partial charge in [-0.1, -0.05) is 164 Å². The van der Waals surface area contributed by atoms with Crippen molar-refractivity contribution in [2.24, 2.45) is 0 Å². The third-order valence-electron chi connectivity index (χ3n) is 9.96. The van der Waals surface area contributed by atoms with Crippen LogP contribution in [0.25, 0.3) is 0 Å². The molecule has 10 heteroatoms. The molecular weight excluding hydrogens is 786 g/mol. The van der Waals surface area contributed by atoms with Gasteiger partial charge in [-0.3, -0.25) is 14.2 Å². The van der Waals surface area contributed by atoms with Crippen LogP contribution in [0.2, 0.25) is 0 Å². The molecule has 0 fully saturated rings. The van der Waals surface area contributed by atoms with Crippen molar-refractivity contribution in [3.05, 3.63) is 72.9 Å². The summed E-state index contributed by atoms with van der Waals surface area (Å²) in [4.78, 5) is 37.6. The zero-order valence-corrected chi connectivity index (χ0v) is 40.5. The summed E-state index contributed by atoms with van der Waals surface area (Å²) in [6, 6.07) is 0. The monoisotopic (exact) mass is 876 g/mol. The average Bonchev–Trinajstić information content (AvgIpc) is 3.21. The molecule has 352 valence electrons. The third-order valence-corrected chi connectivity index (χ3v) is 10.9. The van der Waals surface area contributed by atoms with Gasteiger partial charge in [0.05, 0.1) is 27.7 Å². The number of esters is 2. The van der Waals surface area contributed by atoms with E-state index in [4.69, 9.17) is 18.5 Å². The van der Waals surface area contributed by atoms with E-state index in [0.29, 0.717) is 23.9 Å². The van der Waals surface area contributed by atoms with Crippen LogP contribution in [0.5, 0.6) is 0 Å². The summed E-state index contributed by atoms with van der Waals surface area (Å²) in [6.45, 7) is 4.07. The number of likely N-dealkylation sites (N-methyl/N-ethyl adjacent to an activating group) is 1. The molecule has 0 spiro atoms. The van der Waals surface area contributed by atoms with E-state index in [-0.39, 0.29) is 26.1 Å². The lowest BCUT2D eigenvalue weighted by molar-refractivity contribution is -0.870. The topological polar surface area (TPSA) is 111 Å². The Hall–Kier alpha value is -2.55. The van der Waals surface area contributed by atoms with Gasteiger partial charge in [0.25, 0.3) is 7.82 Å². The summed E-state index contributed by atoms with van der Waals surface area (Å²) in [5.41, 5.74) is 0. The third kappa shape index (κ3) is 46.8. The van der Waals surface area contributed by atoms with Gasteiger partial charge in [0, 0.05) is 12.8 Å². The van der Waals surface area contributed by atoms with E-state index >= 15 is 0 Å². The van der Waals surface area contributed by atoms with Gasteiger partial charge < -0.3 is 27.9 Å². The van der Waals surface area contributed by atoms with Gasteiger partial charge >= 0.3 is 11.9 Å². The minimum Gasteiger partial charge on any atom is -0.756 e. The zero-order chi connectivity index (χ0) is 45.0. The summed E-state index contributed by atoms with van der Waals surface area (Å²) < 4.78 is 34.0. The molecule has 0 aromatic heterocycles. The number of nitrogens with zero attached hydrogens (tertiary/aromatic N) is 1. The Bertz CT molecular complexity index is 1270. The van der Waals surface area contributed by atoms with Crippen LogP contribution in [0.1, 0.15) is 187 Å². The number of unbranched alkanes of at least 4 members (excludes halogenated alkanes) is 17. The predicted molar refractivity (Wildman–Crippen MR) is 254 cm³/mol. The van der Waals surface area contributed by atoms with Gasteiger partial charge in [-0.2, -0.15) is 0 Å². The minimum atomic E-state index is -4.64. The smallest absolute Gasteiger partial charge is 0.306 e. The lowest BCUT2D eigenvalue weighted by atomic mass is 10.1. The highest BCUT2D eigenvalue weighted by molar-refractivity contribution is 7.45. The first-order valence-electron chi connectivity index (χ1n) is 24.1. The van der Waals surface area contributed by atoms with Crippen LogP contribution in [0, 0.1) is 0 Å². The largest absolute Gasteiger partial charge is 0.756 e. The fraction of sp³-hybridized carbons (Fsp3) is 0.725. The van der Waals surface area contributed by atoms with Gasteiger partial charge in [-0.05, 0) is 83.5 Å². The van der Waals surface area contributed by atoms with Crippen molar-refractivity contribution in [3.63, 3.8) is 0 Å². The van der Waals surface area contributed by atoms with E-state index in [1.807, 2.05) is 21.1 Å². The number of carbonyl (C=O) groups is 2. The Balaban J connectivity index is 4.32. The van der Waals surface area contributed by atoms with E-state index in [0.717, 1.165) is 89.9 Å². The van der Waals surface area contributed by atoms with Gasteiger partial charge in [0.1, 0.15) is 19.8 Å². The number of hydrogen-bond acceptors (Lipinski definition) is 8. The van der Waals surface area contributed by atoms with Crippen LogP contribution in [0.3, 0.4) is 0 Å². The Kier molecular flexibility index (Phi) is 40.9. The maximum atomic E-state index is 12.7. The van der Waals surface area contributed by atoms with Crippen LogP contribution in [-0.2, 0) is 32.7 Å². The average molecular weight is 876 g/mol. The Labute approximate surface area is 374 Å². The highest BCUT2D eigenvalue weighted by Crippen LogP contribution is 2.38. The molecule has 0 rings (SSSR count). The highest BCUT2D eigenvalue weighted by atomic mass is 31.2. The second-order valence-corrected chi connectivity index (χ2v) is 18.5. The molecule has 0 heterocycles. The Morgan fingerprint density at radius 1 is 0.525 bits per heavy atom. The second-order valence-electron chi connectivity index (χ2n) is 17.1. The lowest BCUT2D eigenvalue weighted by Crippen LogP contribution is -2.37. The lowest BCUT2D eigenvalue weighted by Gasteiger charge is -2.28. The molecule has 0 N–H and O–H groups in total. The number of rotatable bonds is 43. The minimum absolute atomic E-state index is 0.0378. The van der Waals surface area contributed by atoms with Gasteiger partial charge in [0.15, 0.2) is 6.10 Å². The molecule has 0 bridgehead atoms. The molecule has 0 aromatic rings. The summed E-state index contributed by atoms with van der Waals surface area (Å²) in [5.74, 6) is -0.861. The standard InChI is InChI=1S/C51H90NO8P/c1-6-8-10-12-14-16-18-20-22-23-24-25-26-27-28-29-30-32-34-36-38-40-42-44-51(54)60-49(48-59-61(55,56)58-46-45-52(3,4)5)47-57-50(53)43-41-39-37-35-33-31-21-19-17-15-13-11-9-7-2/h8,10,14,16,19-22,24-25,27-28,49H,6-7,9,11-13,15,17-18,23,26,29-48H2,1-5H3/b10-8-,16-14-,21-19-,22-20-,25-24-,28-27-. The van der Waals surface area contributed by atoms with E-state index in [1.54, 1.807) is 0 Å². The number of phosphoric acid groups is 1. The molecule has 2 atom stereocenters. The van der Waals surface area contributed by atoms with Crippen LogP contribution in [0.15, 0.2) is 72.9 Å². The van der Waals surface area contributed by atoms with Crippen molar-refractivity contribution in [2.45, 2.75) is 193 Å². The maximum Gasteiger partial charge on any atom is 0.306 e. The molecule has 0 amide bonds. The maximum absolute atomic E-state index is 12.7. The highest BCUT2D eigenvalue weighted by Gasteiger charge is 2.21. The molecule has 0 aliphatic heterocycles. The van der Waals surface area contributed by atoms with E-state index in [1.165, 1.54) is 57.8 Å². The number of quaternary nitrogens is 1. The quantitative estimate of drug-likeness (QED) is 0.0196. The zero-order valence-electron chi connectivity index (χ0n) is 39.6. The van der Waals surface area contributed by atoms with Crippen molar-refractivity contribution in [1.29, 1.82) is 0 Å². The molecule has 0 aromatic carbocycles. The van der Waals surface area contributed by atoms with Crippen molar-refractivity contribution in [2.75, 3.05) is 47.5 Å². The van der Waals surface area contributed by atoms with Crippen molar-refractivity contribution < 1.29 is 42.1 Å². The van der Waals surface area contributed by atoms with Gasteiger partial charge in [-0.15, -0.1) is 0 Å². The fourth-order valence-electron chi connectivity index (χ4n) is 6.20. The molecule has 9 nitrogen and oxygen atoms in total. The van der Waals surface area contributed by atoms with E-state index in [9.17, 15) is 19.0 Å². The SMILES string of the molecule is CC/C=C\C/C=C\C/C=C\C/C=C\C/C=C\CCCCCCCCCC(=O)OC(COC(=O)CCCCCCC/C=C\CCCCCCC)COP(=O)([O-])OCC[N+](C)(C)C. The summed E-state index contributed by atoms with van der Waals surface area (Å²) in [5, 5.41) is 0. The number of allylic oxidation sites excluding steroid dienone is 12. The van der Waals surface area contributed by atoms with E-state index < -0.39 is 32.5 Å². The number of phosphoric ester groups is 1. The van der Waals surface area contributed by atoms with Crippen molar-refractivity contribution >= 4 is 19.8 Å². The first kappa shape index (κ1) is 58.5. The first-order valence-corrected chi connectivity index (χ1v) is 25.6.